The predicted octanol–water partition coefficient (Wildman–Crippen LogP) is -3.49. The van der Waals surface area contributed by atoms with Crippen LogP contribution in [0.15, 0.2) is 0 Å². The summed E-state index contributed by atoms with van der Waals surface area (Å²) in [4.78, 5) is 21.6. The van der Waals surface area contributed by atoms with Gasteiger partial charge in [0.05, 0.1) is 6.61 Å². The Hall–Kier alpha value is 0.217. The van der Waals surface area contributed by atoms with Crippen LogP contribution >= 0.6 is 7.60 Å². The molecule has 1 heterocycles. The van der Waals surface area contributed by atoms with E-state index in [1.54, 1.807) is 0 Å². The molecule has 2 unspecified atom stereocenters. The van der Waals surface area contributed by atoms with E-state index in [2.05, 4.69) is 9.26 Å². The van der Waals surface area contributed by atoms with Gasteiger partial charge >= 0.3 is 24.8 Å². The summed E-state index contributed by atoms with van der Waals surface area (Å²) in [5.41, 5.74) is -1.09. The van der Waals surface area contributed by atoms with Crippen LogP contribution in [0.5, 0.6) is 0 Å². The van der Waals surface area contributed by atoms with Gasteiger partial charge in [0.1, 0.15) is 13.3 Å². The minimum absolute atomic E-state index is 0. The van der Waals surface area contributed by atoms with Crippen LogP contribution in [0, 0.1) is 0 Å². The first-order valence-corrected chi connectivity index (χ1v) is 4.72. The molecule has 7 heteroatoms. The normalized spacial score (nSPS) is 27.2. The third kappa shape index (κ3) is 2.35. The minimum Gasteiger partial charge on any atom is -0.778 e. The Morgan fingerprint density at radius 3 is 2.67 bits per heavy atom. The van der Waals surface area contributed by atoms with Gasteiger partial charge in [0.15, 0.2) is 0 Å². The average molecular weight is 186 g/mol. The molecule has 0 bridgehead atoms. The molecule has 0 radical (unpaired) electrons. The van der Waals surface area contributed by atoms with Gasteiger partial charge in [-0.25, -0.2) is 0 Å². The molecule has 1 aliphatic heterocycles. The number of esters is 1. The van der Waals surface area contributed by atoms with Crippen LogP contribution in [0.1, 0.15) is 6.42 Å². The molecule has 0 spiro atoms. The van der Waals surface area contributed by atoms with Crippen molar-refractivity contribution in [3.63, 3.8) is 0 Å². The van der Waals surface area contributed by atoms with Crippen LogP contribution in [-0.4, -0.2) is 25.3 Å². The maximum atomic E-state index is 10.9. The zero-order valence-corrected chi connectivity index (χ0v) is 7.87. The van der Waals surface area contributed by atoms with Crippen molar-refractivity contribution in [2.45, 2.75) is 12.1 Å². The summed E-state index contributed by atoms with van der Waals surface area (Å²) >= 11 is 0. The fourth-order valence-corrected chi connectivity index (χ4v) is 1.91. The van der Waals surface area contributed by atoms with E-state index in [1.165, 1.54) is 0 Å². The van der Waals surface area contributed by atoms with Crippen molar-refractivity contribution in [2.75, 3.05) is 13.7 Å². The SMILES string of the molecule is COP(=O)([O-])C1CCOC1=O.[Li+]. The second-order valence-electron chi connectivity index (χ2n) is 2.19. The Morgan fingerprint density at radius 1 is 1.75 bits per heavy atom. The number of ether oxygens (including phenoxy) is 1. The van der Waals surface area contributed by atoms with Crippen molar-refractivity contribution in [1.29, 1.82) is 0 Å². The van der Waals surface area contributed by atoms with Crippen molar-refractivity contribution >= 4 is 13.6 Å². The predicted molar refractivity (Wildman–Crippen MR) is 34.0 cm³/mol. The molecule has 0 N–H and O–H groups in total. The molecule has 0 amide bonds. The molecule has 0 aromatic heterocycles. The molecule has 0 aliphatic carbocycles. The van der Waals surface area contributed by atoms with E-state index in [9.17, 15) is 14.3 Å². The van der Waals surface area contributed by atoms with Crippen LogP contribution in [0.4, 0.5) is 0 Å². The van der Waals surface area contributed by atoms with Crippen molar-refractivity contribution in [3.05, 3.63) is 0 Å². The van der Waals surface area contributed by atoms with E-state index in [1.807, 2.05) is 0 Å². The molecule has 1 saturated heterocycles. The van der Waals surface area contributed by atoms with Gasteiger partial charge in [0.2, 0.25) is 0 Å². The van der Waals surface area contributed by atoms with Crippen molar-refractivity contribution in [3.8, 4) is 0 Å². The Kier molecular flexibility index (Phi) is 4.53. The first-order chi connectivity index (χ1) is 5.08. The van der Waals surface area contributed by atoms with E-state index in [0.717, 1.165) is 7.11 Å². The molecule has 12 heavy (non-hydrogen) atoms. The van der Waals surface area contributed by atoms with Gasteiger partial charge in [-0.05, 0) is 0 Å². The quantitative estimate of drug-likeness (QED) is 0.254. The summed E-state index contributed by atoms with van der Waals surface area (Å²) in [7, 11) is -2.96. The average Bonchev–Trinajstić information content (AvgIpc) is 2.36. The molecular weight excluding hydrogens is 178 g/mol. The second-order valence-corrected chi connectivity index (χ2v) is 4.26. The van der Waals surface area contributed by atoms with Crippen LogP contribution < -0.4 is 23.8 Å². The molecule has 1 rings (SSSR count). The zero-order valence-electron chi connectivity index (χ0n) is 6.98. The summed E-state index contributed by atoms with van der Waals surface area (Å²) in [6.45, 7) is 0.166. The second kappa shape index (κ2) is 4.45. The summed E-state index contributed by atoms with van der Waals surface area (Å²) in [6, 6.07) is 0. The van der Waals surface area contributed by atoms with Gasteiger partial charge in [0.25, 0.3) is 0 Å². The van der Waals surface area contributed by atoms with E-state index in [4.69, 9.17) is 0 Å². The number of carbonyl (C=O) groups excluding carboxylic acids is 1. The Labute approximate surface area is 82.1 Å². The van der Waals surface area contributed by atoms with Crippen LogP contribution in [0.25, 0.3) is 0 Å². The third-order valence-electron chi connectivity index (χ3n) is 1.54. The zero-order chi connectivity index (χ0) is 8.48. The number of hydrogen-bond donors (Lipinski definition) is 0. The minimum atomic E-state index is -4.00. The molecule has 0 aromatic rings. The van der Waals surface area contributed by atoms with E-state index in [0.29, 0.717) is 0 Å². The molecule has 1 fully saturated rings. The smallest absolute Gasteiger partial charge is 0.778 e. The fourth-order valence-electron chi connectivity index (χ4n) is 0.900. The molecule has 64 valence electrons. The van der Waals surface area contributed by atoms with Crippen molar-refractivity contribution < 1.29 is 42.4 Å². The van der Waals surface area contributed by atoms with Gasteiger partial charge in [-0.2, -0.15) is 0 Å². The maximum absolute atomic E-state index is 10.9. The topological polar surface area (TPSA) is 75.7 Å². The Balaban J connectivity index is 0.00000121. The van der Waals surface area contributed by atoms with E-state index >= 15 is 0 Å². The summed E-state index contributed by atoms with van der Waals surface area (Å²) < 4.78 is 19.6. The number of rotatable bonds is 2. The van der Waals surface area contributed by atoms with Crippen molar-refractivity contribution in [2.24, 2.45) is 0 Å². The van der Waals surface area contributed by atoms with Crippen molar-refractivity contribution in [1.82, 2.24) is 0 Å². The molecule has 0 aromatic carbocycles. The van der Waals surface area contributed by atoms with Crippen LogP contribution in [-0.2, 0) is 18.6 Å². The molecule has 5 nitrogen and oxygen atoms in total. The summed E-state index contributed by atoms with van der Waals surface area (Å²) in [6.07, 6.45) is 0.202. The van der Waals surface area contributed by atoms with E-state index < -0.39 is 19.2 Å². The third-order valence-corrected chi connectivity index (χ3v) is 3.29. The van der Waals surface area contributed by atoms with Crippen LogP contribution in [0.2, 0.25) is 0 Å². The van der Waals surface area contributed by atoms with Gasteiger partial charge in [-0.15, -0.1) is 0 Å². The van der Waals surface area contributed by atoms with Gasteiger partial charge in [0, 0.05) is 13.5 Å². The number of hydrogen-bond acceptors (Lipinski definition) is 5. The molecule has 0 saturated carbocycles. The Morgan fingerprint density at radius 2 is 2.33 bits per heavy atom. The monoisotopic (exact) mass is 186 g/mol. The first kappa shape index (κ1) is 12.2. The largest absolute Gasteiger partial charge is 1.00 e. The number of carbonyl (C=O) groups is 1. The Bertz CT molecular complexity index is 218. The summed E-state index contributed by atoms with van der Waals surface area (Å²) in [5, 5.41) is 0. The van der Waals surface area contributed by atoms with E-state index in [-0.39, 0.29) is 31.9 Å². The first-order valence-electron chi connectivity index (χ1n) is 3.11. The molecule has 2 atom stereocenters. The fraction of sp³-hybridized carbons (Fsp3) is 0.800. The molecular formula is C5H8LiO5P. The maximum Gasteiger partial charge on any atom is 1.00 e. The molecule has 1 aliphatic rings. The van der Waals surface area contributed by atoms with Gasteiger partial charge in [-0.3, -0.25) is 4.79 Å². The summed E-state index contributed by atoms with van der Waals surface area (Å²) in [5.74, 6) is -0.704. The van der Waals surface area contributed by atoms with Gasteiger partial charge in [-0.1, -0.05) is 0 Å². The van der Waals surface area contributed by atoms with Gasteiger partial charge < -0.3 is 18.7 Å². The van der Waals surface area contributed by atoms with Crippen LogP contribution in [0.3, 0.4) is 0 Å². The number of cyclic esters (lactones) is 1. The standard InChI is InChI=1S/C5H9O5P.Li/c1-9-11(7,8)4-2-3-10-5(4)6;/h4H,2-3H2,1H3,(H,7,8);/q;+1/p-1.